The van der Waals surface area contributed by atoms with E-state index in [4.69, 9.17) is 0 Å². The minimum atomic E-state index is 0.0689. The molecule has 0 bridgehead atoms. The van der Waals surface area contributed by atoms with Crippen molar-refractivity contribution in [3.05, 3.63) is 87.1 Å². The zero-order valence-corrected chi connectivity index (χ0v) is 15.4. The highest BCUT2D eigenvalue weighted by Gasteiger charge is 2.15. The fourth-order valence-electron chi connectivity index (χ4n) is 2.81. The minimum absolute atomic E-state index is 0.0689. The second kappa shape index (κ2) is 7.14. The Bertz CT molecular complexity index is 851. The first kappa shape index (κ1) is 16.7. The van der Waals surface area contributed by atoms with Crippen molar-refractivity contribution in [3.8, 4) is 0 Å². The first-order chi connectivity index (χ1) is 11.5. The quantitative estimate of drug-likeness (QED) is 0.597. The van der Waals surface area contributed by atoms with Crippen molar-refractivity contribution in [2.45, 2.75) is 26.8 Å². The third-order valence-corrected chi connectivity index (χ3v) is 4.74. The highest BCUT2D eigenvalue weighted by molar-refractivity contribution is 9.10. The number of carbonyl (C=O) groups excluding carboxylic acids is 1. The monoisotopic (exact) mass is 382 g/mol. The molecule has 3 nitrogen and oxygen atoms in total. The number of benzene rings is 2. The Hall–Kier alpha value is -2.20. The molecule has 1 aromatic heterocycles. The van der Waals surface area contributed by atoms with Gasteiger partial charge in [-0.25, -0.2) is 0 Å². The summed E-state index contributed by atoms with van der Waals surface area (Å²) in [5.41, 5.74) is 5.20. The summed E-state index contributed by atoms with van der Waals surface area (Å²) in [6.07, 6.45) is 0.838. The number of Topliss-reactive ketones (excluding diaryl/α,β-unsaturated/α-hetero) is 1. The molecule has 0 unspecified atom stereocenters. The lowest BCUT2D eigenvalue weighted by molar-refractivity contribution is 0.0966. The Balaban J connectivity index is 1.81. The summed E-state index contributed by atoms with van der Waals surface area (Å²) >= 11 is 3.39. The number of hydrogen-bond donors (Lipinski definition) is 0. The minimum Gasteiger partial charge on any atom is -0.292 e. The van der Waals surface area contributed by atoms with Crippen LogP contribution < -0.4 is 0 Å². The summed E-state index contributed by atoms with van der Waals surface area (Å²) in [6, 6.07) is 17.8. The summed E-state index contributed by atoms with van der Waals surface area (Å²) in [4.78, 5) is 12.5. The van der Waals surface area contributed by atoms with E-state index in [0.29, 0.717) is 5.56 Å². The molecule has 1 heterocycles. The van der Waals surface area contributed by atoms with Gasteiger partial charge >= 0.3 is 0 Å². The highest BCUT2D eigenvalue weighted by Crippen LogP contribution is 2.19. The molecule has 0 aliphatic carbocycles. The summed E-state index contributed by atoms with van der Waals surface area (Å²) in [5.74, 6) is 0.0689. The smallest absolute Gasteiger partial charge is 0.184 e. The van der Waals surface area contributed by atoms with E-state index in [9.17, 15) is 4.79 Å². The number of carbonyl (C=O) groups is 1. The second-order valence-electron chi connectivity index (χ2n) is 5.90. The number of aromatic nitrogens is 2. The summed E-state index contributed by atoms with van der Waals surface area (Å²) in [5, 5.41) is 4.58. The fourth-order valence-corrected chi connectivity index (χ4v) is 3.07. The van der Waals surface area contributed by atoms with Crippen molar-refractivity contribution in [2.24, 2.45) is 0 Å². The second-order valence-corrected chi connectivity index (χ2v) is 6.82. The zero-order chi connectivity index (χ0) is 17.1. The molecular formula is C20H19BrN2O. The van der Waals surface area contributed by atoms with Gasteiger partial charge < -0.3 is 0 Å². The van der Waals surface area contributed by atoms with Crippen LogP contribution in [0.25, 0.3) is 0 Å². The van der Waals surface area contributed by atoms with Crippen LogP contribution in [0.1, 0.15) is 32.9 Å². The van der Waals surface area contributed by atoms with Crippen LogP contribution in [0.2, 0.25) is 0 Å². The van der Waals surface area contributed by atoms with Gasteiger partial charge in [0.15, 0.2) is 5.78 Å². The molecule has 24 heavy (non-hydrogen) atoms. The maximum atomic E-state index is 12.5. The van der Waals surface area contributed by atoms with Gasteiger partial charge in [0.25, 0.3) is 0 Å². The lowest BCUT2D eigenvalue weighted by Gasteiger charge is -2.06. The highest BCUT2D eigenvalue weighted by atomic mass is 79.9. The first-order valence-electron chi connectivity index (χ1n) is 7.90. The standard InChI is InChI=1S/C20H19BrN2O/c1-14-19(12-16-6-4-3-5-7-16)15(2)23(22-14)13-20(24)17-8-10-18(21)11-9-17/h3-11H,12-13H2,1-2H3. The molecule has 0 atom stereocenters. The first-order valence-corrected chi connectivity index (χ1v) is 8.69. The van der Waals surface area contributed by atoms with Gasteiger partial charge in [-0.05, 0) is 31.5 Å². The molecule has 122 valence electrons. The molecular weight excluding hydrogens is 364 g/mol. The lowest BCUT2D eigenvalue weighted by atomic mass is 10.0. The Kier molecular flexibility index (Phi) is 4.95. The number of rotatable bonds is 5. The van der Waals surface area contributed by atoms with Gasteiger partial charge in [-0.3, -0.25) is 9.48 Å². The molecule has 0 amide bonds. The molecule has 0 radical (unpaired) electrons. The third kappa shape index (κ3) is 3.65. The van der Waals surface area contributed by atoms with E-state index in [0.717, 1.165) is 22.3 Å². The average molecular weight is 383 g/mol. The fraction of sp³-hybridized carbons (Fsp3) is 0.200. The Labute approximate surface area is 150 Å². The predicted octanol–water partition coefficient (Wildman–Crippen LogP) is 4.74. The molecule has 0 fully saturated rings. The zero-order valence-electron chi connectivity index (χ0n) is 13.8. The molecule has 3 aromatic rings. The van der Waals surface area contributed by atoms with Gasteiger partial charge in [0.2, 0.25) is 0 Å². The van der Waals surface area contributed by atoms with E-state index >= 15 is 0 Å². The van der Waals surface area contributed by atoms with Crippen LogP contribution in [0, 0.1) is 13.8 Å². The van der Waals surface area contributed by atoms with Gasteiger partial charge in [0.1, 0.15) is 6.54 Å². The maximum absolute atomic E-state index is 12.5. The van der Waals surface area contributed by atoms with E-state index in [1.807, 2.05) is 61.0 Å². The largest absolute Gasteiger partial charge is 0.292 e. The molecule has 4 heteroatoms. The van der Waals surface area contributed by atoms with Gasteiger partial charge in [-0.15, -0.1) is 0 Å². The lowest BCUT2D eigenvalue weighted by Crippen LogP contribution is -2.13. The summed E-state index contributed by atoms with van der Waals surface area (Å²) < 4.78 is 2.79. The van der Waals surface area contributed by atoms with Crippen molar-refractivity contribution >= 4 is 21.7 Å². The van der Waals surface area contributed by atoms with Crippen molar-refractivity contribution in [1.29, 1.82) is 0 Å². The van der Waals surface area contributed by atoms with Crippen LogP contribution >= 0.6 is 15.9 Å². The van der Waals surface area contributed by atoms with E-state index in [1.165, 1.54) is 11.1 Å². The van der Waals surface area contributed by atoms with Crippen LogP contribution in [0.3, 0.4) is 0 Å². The molecule has 2 aromatic carbocycles. The van der Waals surface area contributed by atoms with Crippen LogP contribution in [0.15, 0.2) is 59.1 Å². The summed E-state index contributed by atoms with van der Waals surface area (Å²) in [6.45, 7) is 4.31. The number of nitrogens with zero attached hydrogens (tertiary/aromatic N) is 2. The van der Waals surface area contributed by atoms with E-state index < -0.39 is 0 Å². The molecule has 0 N–H and O–H groups in total. The van der Waals surface area contributed by atoms with E-state index in [-0.39, 0.29) is 12.3 Å². The van der Waals surface area contributed by atoms with E-state index in [1.54, 1.807) is 0 Å². The van der Waals surface area contributed by atoms with Crippen LogP contribution in [0.5, 0.6) is 0 Å². The van der Waals surface area contributed by atoms with Crippen molar-refractivity contribution < 1.29 is 4.79 Å². The van der Waals surface area contributed by atoms with Crippen LogP contribution in [-0.2, 0) is 13.0 Å². The number of halogens is 1. The van der Waals surface area contributed by atoms with Gasteiger partial charge in [-0.1, -0.05) is 58.4 Å². The van der Waals surface area contributed by atoms with Crippen molar-refractivity contribution in [3.63, 3.8) is 0 Å². The maximum Gasteiger partial charge on any atom is 0.184 e. The molecule has 0 aliphatic heterocycles. The van der Waals surface area contributed by atoms with Crippen LogP contribution in [-0.4, -0.2) is 15.6 Å². The number of aryl methyl sites for hydroxylation is 1. The molecule has 0 saturated carbocycles. The molecule has 0 saturated heterocycles. The van der Waals surface area contributed by atoms with Crippen molar-refractivity contribution in [2.75, 3.05) is 0 Å². The average Bonchev–Trinajstić information content (AvgIpc) is 2.84. The molecule has 3 rings (SSSR count). The van der Waals surface area contributed by atoms with Gasteiger partial charge in [0.05, 0.1) is 5.69 Å². The summed E-state index contributed by atoms with van der Waals surface area (Å²) in [7, 11) is 0. The Morgan fingerprint density at radius 1 is 1.04 bits per heavy atom. The Morgan fingerprint density at radius 3 is 2.38 bits per heavy atom. The van der Waals surface area contributed by atoms with E-state index in [2.05, 4.69) is 33.2 Å². The SMILES string of the molecule is Cc1nn(CC(=O)c2ccc(Br)cc2)c(C)c1Cc1ccccc1. The predicted molar refractivity (Wildman–Crippen MR) is 99.4 cm³/mol. The number of ketones is 1. The van der Waals surface area contributed by atoms with Crippen LogP contribution in [0.4, 0.5) is 0 Å². The van der Waals surface area contributed by atoms with Gasteiger partial charge in [0, 0.05) is 27.7 Å². The third-order valence-electron chi connectivity index (χ3n) is 4.21. The molecule has 0 spiro atoms. The van der Waals surface area contributed by atoms with Gasteiger partial charge in [-0.2, -0.15) is 5.10 Å². The Morgan fingerprint density at radius 2 is 1.71 bits per heavy atom. The number of hydrogen-bond acceptors (Lipinski definition) is 2. The van der Waals surface area contributed by atoms with Crippen molar-refractivity contribution in [1.82, 2.24) is 9.78 Å². The topological polar surface area (TPSA) is 34.9 Å². The molecule has 0 aliphatic rings. The normalized spacial score (nSPS) is 10.8.